The Kier molecular flexibility index (Phi) is 14.9. The molecule has 0 saturated carbocycles. The summed E-state index contributed by atoms with van der Waals surface area (Å²) < 4.78 is 5.03. The molecule has 0 heterocycles. The van der Waals surface area contributed by atoms with E-state index in [0.717, 1.165) is 11.5 Å². The van der Waals surface area contributed by atoms with Crippen LogP contribution in [0.4, 0.5) is 0 Å². The smallest absolute Gasteiger partial charge is 0.333 e. The molecule has 0 radical (unpaired) electrons. The number of ether oxygens (including phenoxy) is 1. The monoisotopic (exact) mass is 488 g/mol. The molecule has 0 aliphatic carbocycles. The topological polar surface area (TPSA) is 75.7 Å². The predicted octanol–water partition coefficient (Wildman–Crippen LogP) is 5.42. The third-order valence-corrected chi connectivity index (χ3v) is 5.71. The molecule has 1 aromatic carbocycles. The molecule has 0 saturated heterocycles. The quantitative estimate of drug-likeness (QED) is 0.333. The largest absolute Gasteiger partial charge is 0.463 e. The van der Waals surface area contributed by atoms with Crippen molar-refractivity contribution in [3.63, 3.8) is 0 Å². The normalized spacial score (nSPS) is 13.9. The van der Waals surface area contributed by atoms with Gasteiger partial charge in [-0.3, -0.25) is 9.59 Å². The fraction of sp³-hybridized carbons (Fsp3) is 0.621. The number of nitrogens with zero attached hydrogens (tertiary/aromatic N) is 1. The molecule has 6 heteroatoms. The van der Waals surface area contributed by atoms with Gasteiger partial charge in [0, 0.05) is 12.6 Å². The highest BCUT2D eigenvalue weighted by Crippen LogP contribution is 2.27. The molecule has 0 fully saturated rings. The maximum absolute atomic E-state index is 12.9. The van der Waals surface area contributed by atoms with Gasteiger partial charge in [0.2, 0.25) is 11.8 Å². The van der Waals surface area contributed by atoms with Crippen molar-refractivity contribution in [1.82, 2.24) is 10.2 Å². The molecule has 0 aliphatic heterocycles. The molecule has 1 unspecified atom stereocenters. The molecule has 2 atom stereocenters. The van der Waals surface area contributed by atoms with Crippen LogP contribution in [0, 0.1) is 17.3 Å². The van der Waals surface area contributed by atoms with Crippen molar-refractivity contribution in [3.8, 4) is 0 Å². The molecule has 0 spiro atoms. The number of hydrogen-bond acceptors (Lipinski definition) is 4. The van der Waals surface area contributed by atoms with E-state index < -0.39 is 5.41 Å². The Bertz CT molecular complexity index is 814. The van der Waals surface area contributed by atoms with Crippen molar-refractivity contribution >= 4 is 17.8 Å². The summed E-state index contributed by atoms with van der Waals surface area (Å²) in [5.41, 5.74) is 0.952. The standard InChI is InChI=1S/C25H38N2O4.C4H10/c1-8-25(6,16-20-13-11-10-12-14-20)24(30)26-17-22(28)27(7)21(18(3)4)15-19(5)23(29)31-9-2;1-4(2)3/h10-15,18,21H,8-9,16-17H2,1-7H3,(H,26,30);4H,1-3H3/b19-15+;/t21-,25?;/m1./s1. The second-order valence-corrected chi connectivity index (χ2v) is 10.3. The maximum Gasteiger partial charge on any atom is 0.333 e. The molecule has 1 rings (SSSR count). The second kappa shape index (κ2) is 16.1. The van der Waals surface area contributed by atoms with Crippen LogP contribution in [0.2, 0.25) is 0 Å². The Morgan fingerprint density at radius 2 is 1.60 bits per heavy atom. The Morgan fingerprint density at radius 3 is 2.06 bits per heavy atom. The number of hydrogen-bond donors (Lipinski definition) is 1. The van der Waals surface area contributed by atoms with Gasteiger partial charge in [0.25, 0.3) is 0 Å². The average molecular weight is 489 g/mol. The number of benzene rings is 1. The molecule has 198 valence electrons. The van der Waals surface area contributed by atoms with Gasteiger partial charge in [-0.25, -0.2) is 4.79 Å². The summed E-state index contributed by atoms with van der Waals surface area (Å²) in [6.45, 7) is 18.0. The lowest BCUT2D eigenvalue weighted by Crippen LogP contribution is -2.48. The van der Waals surface area contributed by atoms with Gasteiger partial charge in [-0.1, -0.05) is 84.9 Å². The van der Waals surface area contributed by atoms with Gasteiger partial charge in [-0.15, -0.1) is 0 Å². The summed E-state index contributed by atoms with van der Waals surface area (Å²) in [4.78, 5) is 39.3. The lowest BCUT2D eigenvalue weighted by Gasteiger charge is -2.31. The highest BCUT2D eigenvalue weighted by atomic mass is 16.5. The van der Waals surface area contributed by atoms with Gasteiger partial charge in [0.05, 0.1) is 24.6 Å². The summed E-state index contributed by atoms with van der Waals surface area (Å²) in [5, 5.41) is 2.82. The number of rotatable bonds is 11. The van der Waals surface area contributed by atoms with Crippen LogP contribution < -0.4 is 5.32 Å². The third kappa shape index (κ3) is 12.1. The number of carbonyl (C=O) groups excluding carboxylic acids is 3. The average Bonchev–Trinajstić information content (AvgIpc) is 2.80. The van der Waals surface area contributed by atoms with Gasteiger partial charge >= 0.3 is 5.97 Å². The van der Waals surface area contributed by atoms with Crippen molar-refractivity contribution in [2.75, 3.05) is 20.2 Å². The van der Waals surface area contributed by atoms with Crippen molar-refractivity contribution in [1.29, 1.82) is 0 Å². The molecule has 6 nitrogen and oxygen atoms in total. The lowest BCUT2D eigenvalue weighted by molar-refractivity contribution is -0.138. The molecular weight excluding hydrogens is 440 g/mol. The zero-order valence-corrected chi connectivity index (χ0v) is 23.6. The first-order chi connectivity index (χ1) is 16.3. The van der Waals surface area contributed by atoms with Crippen LogP contribution in [0.3, 0.4) is 0 Å². The summed E-state index contributed by atoms with van der Waals surface area (Å²) in [6, 6.07) is 9.59. The van der Waals surface area contributed by atoms with Gasteiger partial charge in [0.1, 0.15) is 0 Å². The Morgan fingerprint density at radius 1 is 1.06 bits per heavy atom. The molecule has 35 heavy (non-hydrogen) atoms. The van der Waals surface area contributed by atoms with Gasteiger partial charge < -0.3 is 15.0 Å². The van der Waals surface area contributed by atoms with Gasteiger partial charge in [-0.2, -0.15) is 0 Å². The molecule has 1 N–H and O–H groups in total. The first-order valence-electron chi connectivity index (χ1n) is 12.7. The lowest BCUT2D eigenvalue weighted by atomic mass is 9.80. The molecule has 0 bridgehead atoms. The minimum Gasteiger partial charge on any atom is -0.463 e. The van der Waals surface area contributed by atoms with Crippen molar-refractivity contribution in [2.24, 2.45) is 17.3 Å². The summed E-state index contributed by atoms with van der Waals surface area (Å²) in [6.07, 6.45) is 3.03. The number of esters is 1. The van der Waals surface area contributed by atoms with E-state index in [2.05, 4.69) is 26.1 Å². The van der Waals surface area contributed by atoms with Gasteiger partial charge in [-0.05, 0) is 44.1 Å². The highest BCUT2D eigenvalue weighted by Gasteiger charge is 2.32. The first-order valence-corrected chi connectivity index (χ1v) is 12.7. The molecule has 0 aromatic heterocycles. The summed E-state index contributed by atoms with van der Waals surface area (Å²) >= 11 is 0. The number of carbonyl (C=O) groups is 3. The Labute approximate surface area is 213 Å². The number of likely N-dealkylation sites (N-methyl/N-ethyl adjacent to an activating group) is 1. The second-order valence-electron chi connectivity index (χ2n) is 10.3. The van der Waals surface area contributed by atoms with Crippen LogP contribution in [-0.2, 0) is 25.5 Å². The fourth-order valence-electron chi connectivity index (χ4n) is 3.39. The van der Waals surface area contributed by atoms with Crippen LogP contribution in [-0.4, -0.2) is 48.9 Å². The van der Waals surface area contributed by atoms with E-state index in [-0.39, 0.29) is 36.3 Å². The van der Waals surface area contributed by atoms with E-state index in [9.17, 15) is 14.4 Å². The first kappa shape index (κ1) is 32.4. The molecule has 1 aromatic rings. The SMILES string of the molecule is CC(C)C.CCOC(=O)/C(C)=C/[C@H](C(C)C)N(C)C(=O)CNC(=O)C(C)(CC)Cc1ccccc1. The van der Waals surface area contributed by atoms with E-state index in [1.165, 1.54) is 0 Å². The number of amides is 2. The van der Waals surface area contributed by atoms with Crippen LogP contribution in [0.15, 0.2) is 42.0 Å². The summed E-state index contributed by atoms with van der Waals surface area (Å²) in [7, 11) is 1.69. The molecule has 2 amide bonds. The zero-order valence-electron chi connectivity index (χ0n) is 23.6. The van der Waals surface area contributed by atoms with E-state index in [4.69, 9.17) is 4.74 Å². The Hall–Kier alpha value is -2.63. The maximum atomic E-state index is 12.9. The van der Waals surface area contributed by atoms with Gasteiger partial charge in [0.15, 0.2) is 0 Å². The summed E-state index contributed by atoms with van der Waals surface area (Å²) in [5.74, 6) is 0.188. The third-order valence-electron chi connectivity index (χ3n) is 5.71. The van der Waals surface area contributed by atoms with Crippen LogP contribution in [0.1, 0.15) is 74.3 Å². The molecule has 0 aliphatic rings. The minimum absolute atomic E-state index is 0.0881. The van der Waals surface area contributed by atoms with E-state index in [0.29, 0.717) is 25.0 Å². The van der Waals surface area contributed by atoms with Crippen molar-refractivity contribution in [3.05, 3.63) is 47.5 Å². The van der Waals surface area contributed by atoms with Crippen LogP contribution in [0.25, 0.3) is 0 Å². The van der Waals surface area contributed by atoms with E-state index in [1.807, 2.05) is 58.0 Å². The minimum atomic E-state index is -0.599. The van der Waals surface area contributed by atoms with Crippen LogP contribution in [0.5, 0.6) is 0 Å². The highest BCUT2D eigenvalue weighted by molar-refractivity contribution is 5.89. The fourth-order valence-corrected chi connectivity index (χ4v) is 3.39. The Balaban J connectivity index is 0.00000267. The van der Waals surface area contributed by atoms with E-state index >= 15 is 0 Å². The zero-order chi connectivity index (χ0) is 27.2. The molecular formula is C29H48N2O4. The van der Waals surface area contributed by atoms with Crippen molar-refractivity contribution < 1.29 is 19.1 Å². The van der Waals surface area contributed by atoms with E-state index in [1.54, 1.807) is 31.9 Å². The number of nitrogens with one attached hydrogen (secondary N) is 1. The van der Waals surface area contributed by atoms with Crippen LogP contribution >= 0.6 is 0 Å². The predicted molar refractivity (Wildman–Crippen MR) is 144 cm³/mol. The van der Waals surface area contributed by atoms with Crippen molar-refractivity contribution in [2.45, 2.75) is 81.2 Å².